The molecule has 1 atom stereocenters. The van der Waals surface area contributed by atoms with Crippen molar-refractivity contribution in [3.8, 4) is 46.3 Å². The molecule has 0 radical (unpaired) electrons. The van der Waals surface area contributed by atoms with Crippen molar-refractivity contribution < 1.29 is 24.1 Å². The highest BCUT2D eigenvalue weighted by Gasteiger charge is 2.22. The maximum Gasteiger partial charge on any atom is 0.234 e. The van der Waals surface area contributed by atoms with Gasteiger partial charge in [0.25, 0.3) is 0 Å². The number of pyridine rings is 1. The van der Waals surface area contributed by atoms with Gasteiger partial charge >= 0.3 is 0 Å². The summed E-state index contributed by atoms with van der Waals surface area (Å²) in [6.45, 7) is -0.584. The molecule has 0 saturated heterocycles. The molecule has 186 valence electrons. The third kappa shape index (κ3) is 5.80. The van der Waals surface area contributed by atoms with Gasteiger partial charge in [-0.25, -0.2) is 4.98 Å². The minimum Gasteiger partial charge on any atom is -0.491 e. The van der Waals surface area contributed by atoms with Crippen molar-refractivity contribution in [2.24, 2.45) is 0 Å². The number of aromatic nitrogens is 2. The molecule has 2 aromatic carbocycles. The fourth-order valence-electron chi connectivity index (χ4n) is 3.39. The van der Waals surface area contributed by atoms with Gasteiger partial charge in [-0.15, -0.1) is 0 Å². The monoisotopic (exact) mass is 517 g/mol. The topological polar surface area (TPSA) is 171 Å². The van der Waals surface area contributed by atoms with E-state index in [0.717, 1.165) is 5.56 Å². The zero-order valence-corrected chi connectivity index (χ0v) is 20.0. The summed E-state index contributed by atoms with van der Waals surface area (Å²) in [5.74, 6) is 0.642. The molecular formula is C26H20ClN5O5. The number of aliphatic hydroxyl groups is 2. The van der Waals surface area contributed by atoms with Gasteiger partial charge in [0.05, 0.1) is 6.61 Å². The Morgan fingerprint density at radius 2 is 1.65 bits per heavy atom. The summed E-state index contributed by atoms with van der Waals surface area (Å²) in [7, 11) is 0. The number of oxazole rings is 1. The summed E-state index contributed by atoms with van der Waals surface area (Å²) >= 11 is 5.92. The minimum absolute atomic E-state index is 0.0246. The zero-order chi connectivity index (χ0) is 26.4. The van der Waals surface area contributed by atoms with E-state index in [0.29, 0.717) is 27.9 Å². The number of nitrogens with two attached hydrogens (primary N) is 1. The van der Waals surface area contributed by atoms with E-state index in [1.54, 1.807) is 48.5 Å². The lowest BCUT2D eigenvalue weighted by atomic mass is 9.96. The normalized spacial score (nSPS) is 11.4. The molecule has 0 bridgehead atoms. The molecule has 4 N–H and O–H groups in total. The fraction of sp³-hybridized carbons (Fsp3) is 0.154. The molecule has 2 heterocycles. The van der Waals surface area contributed by atoms with Crippen LogP contribution in [-0.2, 0) is 6.61 Å². The molecule has 2 aromatic heterocycles. The first-order valence-electron chi connectivity index (χ1n) is 10.9. The summed E-state index contributed by atoms with van der Waals surface area (Å²) in [5, 5.41) is 38.6. The highest BCUT2D eigenvalue weighted by Crippen LogP contribution is 2.36. The maximum atomic E-state index is 9.93. The van der Waals surface area contributed by atoms with E-state index in [1.165, 1.54) is 6.26 Å². The largest absolute Gasteiger partial charge is 0.491 e. The van der Waals surface area contributed by atoms with Gasteiger partial charge in [-0.05, 0) is 42.0 Å². The number of ether oxygens (including phenoxy) is 2. The van der Waals surface area contributed by atoms with Crippen LogP contribution in [0, 0.1) is 22.7 Å². The molecule has 4 rings (SSSR count). The van der Waals surface area contributed by atoms with Crippen LogP contribution < -0.4 is 15.2 Å². The molecule has 0 saturated carbocycles. The van der Waals surface area contributed by atoms with Crippen LogP contribution in [0.25, 0.3) is 22.6 Å². The number of aliphatic hydroxyl groups excluding tert-OH is 2. The number of benzene rings is 2. The number of hydrogen-bond donors (Lipinski definition) is 3. The number of anilines is 1. The lowest BCUT2D eigenvalue weighted by molar-refractivity contribution is 0.0536. The van der Waals surface area contributed by atoms with Crippen LogP contribution >= 0.6 is 11.6 Å². The van der Waals surface area contributed by atoms with Crippen LogP contribution in [0.3, 0.4) is 0 Å². The quantitative estimate of drug-likeness (QED) is 0.297. The SMILES string of the molecule is N#Cc1c(N)nc(OCc2coc(-c3ccc(Cl)cc3)n2)c(C#N)c1-c1ccc(OC[C@@H](O)CO)cc1. The van der Waals surface area contributed by atoms with E-state index in [2.05, 4.69) is 16.0 Å². The summed E-state index contributed by atoms with van der Waals surface area (Å²) < 4.78 is 16.7. The summed E-state index contributed by atoms with van der Waals surface area (Å²) in [6.07, 6.45) is 0.415. The van der Waals surface area contributed by atoms with Gasteiger partial charge in [-0.1, -0.05) is 23.7 Å². The number of nitrogen functional groups attached to an aromatic ring is 1. The fourth-order valence-corrected chi connectivity index (χ4v) is 3.52. The Morgan fingerprint density at radius 3 is 2.30 bits per heavy atom. The molecule has 0 fully saturated rings. The van der Waals surface area contributed by atoms with Crippen LogP contribution in [-0.4, -0.2) is 39.5 Å². The predicted molar refractivity (Wildman–Crippen MR) is 133 cm³/mol. The highest BCUT2D eigenvalue weighted by molar-refractivity contribution is 6.30. The Balaban J connectivity index is 1.60. The van der Waals surface area contributed by atoms with Gasteiger partial charge in [-0.2, -0.15) is 15.5 Å². The number of hydrogen-bond acceptors (Lipinski definition) is 10. The van der Waals surface area contributed by atoms with Crippen molar-refractivity contribution >= 4 is 17.4 Å². The van der Waals surface area contributed by atoms with Gasteiger partial charge in [0.1, 0.15) is 66.1 Å². The Kier molecular flexibility index (Phi) is 7.86. The van der Waals surface area contributed by atoms with E-state index < -0.39 is 12.7 Å². The van der Waals surface area contributed by atoms with Gasteiger partial charge < -0.3 is 29.8 Å². The average molecular weight is 518 g/mol. The first-order valence-corrected chi connectivity index (χ1v) is 11.3. The predicted octanol–water partition coefficient (Wildman–Crippen LogP) is 3.69. The van der Waals surface area contributed by atoms with Crippen molar-refractivity contribution in [2.45, 2.75) is 12.7 Å². The average Bonchev–Trinajstić information content (AvgIpc) is 3.39. The first-order chi connectivity index (χ1) is 17.9. The third-order valence-corrected chi connectivity index (χ3v) is 5.46. The second-order valence-corrected chi connectivity index (χ2v) is 8.20. The van der Waals surface area contributed by atoms with E-state index in [1.807, 2.05) is 6.07 Å². The van der Waals surface area contributed by atoms with E-state index in [9.17, 15) is 15.6 Å². The molecule has 0 aliphatic rings. The number of nitriles is 2. The van der Waals surface area contributed by atoms with Gasteiger partial charge in [-0.3, -0.25) is 0 Å². The Bertz CT molecular complexity index is 1470. The maximum absolute atomic E-state index is 9.93. The molecule has 0 unspecified atom stereocenters. The smallest absolute Gasteiger partial charge is 0.234 e. The number of halogens is 1. The van der Waals surface area contributed by atoms with Crippen LogP contribution in [0.5, 0.6) is 11.6 Å². The lowest BCUT2D eigenvalue weighted by Gasteiger charge is -2.14. The van der Waals surface area contributed by atoms with Crippen molar-refractivity contribution in [3.05, 3.63) is 76.6 Å². The molecule has 10 nitrogen and oxygen atoms in total. The van der Waals surface area contributed by atoms with Gasteiger partial charge in [0.2, 0.25) is 11.8 Å². The third-order valence-electron chi connectivity index (χ3n) is 5.21. The van der Waals surface area contributed by atoms with Crippen LogP contribution in [0.1, 0.15) is 16.8 Å². The lowest BCUT2D eigenvalue weighted by Crippen LogP contribution is -2.21. The van der Waals surface area contributed by atoms with Gasteiger partial charge in [0, 0.05) is 16.1 Å². The molecule has 11 heteroatoms. The van der Waals surface area contributed by atoms with Crippen LogP contribution in [0.4, 0.5) is 5.82 Å². The van der Waals surface area contributed by atoms with Crippen molar-refractivity contribution in [1.29, 1.82) is 10.5 Å². The van der Waals surface area contributed by atoms with Crippen LogP contribution in [0.2, 0.25) is 5.02 Å². The van der Waals surface area contributed by atoms with Crippen LogP contribution in [0.15, 0.2) is 59.2 Å². The molecule has 4 aromatic rings. The Hall–Kier alpha value is -4.61. The van der Waals surface area contributed by atoms with Crippen molar-refractivity contribution in [1.82, 2.24) is 9.97 Å². The summed E-state index contributed by atoms with van der Waals surface area (Å²) in [6, 6.07) is 17.5. The zero-order valence-electron chi connectivity index (χ0n) is 19.3. The molecule has 0 aliphatic carbocycles. The number of rotatable bonds is 9. The van der Waals surface area contributed by atoms with E-state index in [-0.39, 0.29) is 41.6 Å². The summed E-state index contributed by atoms with van der Waals surface area (Å²) in [5.41, 5.74) is 8.04. The second-order valence-electron chi connectivity index (χ2n) is 7.76. The Labute approximate surface area is 216 Å². The molecule has 37 heavy (non-hydrogen) atoms. The van der Waals surface area contributed by atoms with E-state index >= 15 is 0 Å². The minimum atomic E-state index is -1.01. The first kappa shape index (κ1) is 25.5. The van der Waals surface area contributed by atoms with E-state index in [4.69, 9.17) is 36.3 Å². The molecular weight excluding hydrogens is 498 g/mol. The highest BCUT2D eigenvalue weighted by atomic mass is 35.5. The van der Waals surface area contributed by atoms with Crippen molar-refractivity contribution in [2.75, 3.05) is 18.9 Å². The molecule has 0 spiro atoms. The Morgan fingerprint density at radius 1 is 0.973 bits per heavy atom. The summed E-state index contributed by atoms with van der Waals surface area (Å²) in [4.78, 5) is 8.51. The van der Waals surface area contributed by atoms with Crippen molar-refractivity contribution in [3.63, 3.8) is 0 Å². The molecule has 0 amide bonds. The van der Waals surface area contributed by atoms with Gasteiger partial charge in [0.15, 0.2) is 0 Å². The second kappa shape index (κ2) is 11.4. The number of nitrogens with zero attached hydrogens (tertiary/aromatic N) is 4. The standard InChI is InChI=1S/C26H20ClN5O5/c27-17-5-1-16(2-6-17)25-31-18(12-36-25)13-37-26-22(10-29)23(21(9-28)24(30)32-26)15-3-7-20(8-4-15)35-14-19(34)11-33/h1-8,12,19,33-34H,11,13-14H2,(H2,30,32)/t19-/m0/s1. The molecule has 0 aliphatic heterocycles.